The highest BCUT2D eigenvalue weighted by Gasteiger charge is 2.45. The summed E-state index contributed by atoms with van der Waals surface area (Å²) in [5.41, 5.74) is 16.2. The topological polar surface area (TPSA) is 103 Å². The van der Waals surface area contributed by atoms with E-state index in [1.807, 2.05) is 17.5 Å². The third kappa shape index (κ3) is 6.32. The summed E-state index contributed by atoms with van der Waals surface area (Å²) in [6.07, 6.45) is 12.0. The Morgan fingerprint density at radius 2 is 0.730 bits per heavy atom. The monoisotopic (exact) mass is 978 g/mol. The molecule has 0 unspecified atom stereocenters. The van der Waals surface area contributed by atoms with Gasteiger partial charge in [0.2, 0.25) is 8.07 Å². The summed E-state index contributed by atoms with van der Waals surface area (Å²) in [5, 5.41) is 6.89. The second kappa shape index (κ2) is 16.8. The molecular formula is C64H38N8SSi. The van der Waals surface area contributed by atoms with Crippen molar-refractivity contribution >= 4 is 60.5 Å². The van der Waals surface area contributed by atoms with E-state index < -0.39 is 8.07 Å². The molecule has 2 aliphatic carbocycles. The fraction of sp³-hybridized carbons (Fsp3) is 0. The molecule has 5 aromatic heterocycles. The van der Waals surface area contributed by atoms with Gasteiger partial charge >= 0.3 is 0 Å². The van der Waals surface area contributed by atoms with Crippen LogP contribution in [-0.4, -0.2) is 47.9 Å². The number of thiophene rings is 1. The molecule has 5 heterocycles. The van der Waals surface area contributed by atoms with Gasteiger partial charge < -0.3 is 0 Å². The summed E-state index contributed by atoms with van der Waals surface area (Å²) >= 11 is 1.87. The van der Waals surface area contributed by atoms with E-state index in [0.29, 0.717) is 45.6 Å². The molecule has 0 saturated carbocycles. The SMILES string of the molecule is c1ccc([Si](c2ccccc2)(c2ccc3c(c2)-c2ccccc2-c2ccccc2-c2cc(-c4cccc5c4sc4ccccc45)ccc2-3)c2cnc3c(n2)-c2nccnc2-c2nccnc2-c2nccnc2-3)cc1. The molecule has 74 heavy (non-hydrogen) atoms. The van der Waals surface area contributed by atoms with Crippen molar-refractivity contribution in [3.63, 3.8) is 0 Å². The van der Waals surface area contributed by atoms with E-state index in [2.05, 4.69) is 188 Å². The highest BCUT2D eigenvalue weighted by molar-refractivity contribution is 7.26. The molecule has 0 aliphatic heterocycles. The number of benzene rings is 8. The predicted molar refractivity (Wildman–Crippen MR) is 301 cm³/mol. The number of nitrogens with zero attached hydrogens (tertiary/aromatic N) is 8. The summed E-state index contributed by atoms with van der Waals surface area (Å²) in [6.45, 7) is 0. The summed E-state index contributed by atoms with van der Waals surface area (Å²) in [7, 11) is -3.42. The maximum Gasteiger partial charge on any atom is 0.203 e. The van der Waals surface area contributed by atoms with E-state index in [9.17, 15) is 0 Å². The first-order valence-electron chi connectivity index (χ1n) is 24.5. The first-order chi connectivity index (χ1) is 36.7. The van der Waals surface area contributed by atoms with Crippen LogP contribution in [0.5, 0.6) is 0 Å². The highest BCUT2D eigenvalue weighted by Crippen LogP contribution is 2.50. The Morgan fingerprint density at radius 1 is 0.297 bits per heavy atom. The van der Waals surface area contributed by atoms with Gasteiger partial charge in [-0.1, -0.05) is 176 Å². The van der Waals surface area contributed by atoms with Crippen LogP contribution in [0.3, 0.4) is 0 Å². The minimum absolute atomic E-state index is 0.546. The molecule has 8 aromatic carbocycles. The van der Waals surface area contributed by atoms with Crippen LogP contribution < -0.4 is 20.9 Å². The average molecular weight is 979 g/mol. The van der Waals surface area contributed by atoms with E-state index >= 15 is 0 Å². The number of rotatable bonds is 5. The Kier molecular flexibility index (Phi) is 9.59. The Hall–Kier alpha value is -9.48. The second-order valence-corrected chi connectivity index (χ2v) is 23.4. The van der Waals surface area contributed by atoms with Gasteiger partial charge in [0.25, 0.3) is 0 Å². The van der Waals surface area contributed by atoms with Gasteiger partial charge in [-0.3, -0.25) is 39.9 Å². The molecule has 0 amide bonds. The van der Waals surface area contributed by atoms with Gasteiger partial charge in [-0.2, -0.15) is 0 Å². The second-order valence-electron chi connectivity index (χ2n) is 18.6. The molecule has 0 atom stereocenters. The van der Waals surface area contributed by atoms with Crippen molar-refractivity contribution in [2.75, 3.05) is 0 Å². The van der Waals surface area contributed by atoms with Crippen LogP contribution in [-0.2, 0) is 0 Å². The van der Waals surface area contributed by atoms with E-state index in [1.54, 1.807) is 37.2 Å². The van der Waals surface area contributed by atoms with Crippen molar-refractivity contribution in [3.05, 3.63) is 231 Å². The van der Waals surface area contributed by atoms with Gasteiger partial charge in [0.1, 0.15) is 45.6 Å². The Balaban J connectivity index is 1.01. The number of hydrogen-bond acceptors (Lipinski definition) is 9. The lowest BCUT2D eigenvalue weighted by Gasteiger charge is -2.34. The lowest BCUT2D eigenvalue weighted by molar-refractivity contribution is 1.09. The lowest BCUT2D eigenvalue weighted by atomic mass is 9.80. The third-order valence-electron chi connectivity index (χ3n) is 14.8. The van der Waals surface area contributed by atoms with Crippen LogP contribution in [0.2, 0.25) is 0 Å². The maximum absolute atomic E-state index is 5.84. The van der Waals surface area contributed by atoms with Crippen LogP contribution in [0.25, 0.3) is 121 Å². The van der Waals surface area contributed by atoms with Gasteiger partial charge in [-0.05, 0) is 83.3 Å². The van der Waals surface area contributed by atoms with Crippen LogP contribution in [0.15, 0.2) is 231 Å². The van der Waals surface area contributed by atoms with Gasteiger partial charge in [-0.15, -0.1) is 11.3 Å². The van der Waals surface area contributed by atoms with Crippen LogP contribution in [0.1, 0.15) is 0 Å². The minimum Gasteiger partial charge on any atom is -0.251 e. The number of fused-ring (bicyclic) bond motifs is 19. The van der Waals surface area contributed by atoms with Crippen molar-refractivity contribution in [2.45, 2.75) is 0 Å². The van der Waals surface area contributed by atoms with Crippen molar-refractivity contribution in [3.8, 4) is 101 Å². The molecule has 2 aliphatic rings. The maximum atomic E-state index is 5.84. The molecule has 344 valence electrons. The van der Waals surface area contributed by atoms with E-state index in [1.165, 1.54) is 59.1 Å². The molecule has 13 aromatic rings. The smallest absolute Gasteiger partial charge is 0.203 e. The molecule has 0 bridgehead atoms. The standard InChI is InChI=1S/C64H38N8SSi/c1-3-14-40(15-4-1)74(41-16-5-2-6-17-41,55-38-71-62-60-58(67-32-33-69-60)56-57(66-31-30-65-56)59-61(63(62)72-55)70-35-34-68-59)42-27-29-49-48-28-26-39(43-23-13-24-51-50-22-11-12-25-54(50)73-64(43)51)36-52(48)46-20-9-7-18-44(46)45-19-8-10-21-47(45)53(49)37-42/h1-38H. The molecular weight excluding hydrogens is 941 g/mol. The molecule has 0 N–H and O–H groups in total. The molecule has 0 spiro atoms. The minimum atomic E-state index is -3.42. The van der Waals surface area contributed by atoms with Crippen molar-refractivity contribution in [1.29, 1.82) is 0 Å². The van der Waals surface area contributed by atoms with E-state index in [-0.39, 0.29) is 0 Å². The van der Waals surface area contributed by atoms with Crippen LogP contribution >= 0.6 is 11.3 Å². The molecule has 10 heteroatoms. The van der Waals surface area contributed by atoms with Crippen LogP contribution in [0, 0.1) is 0 Å². The van der Waals surface area contributed by atoms with Gasteiger partial charge in [0.15, 0.2) is 0 Å². The van der Waals surface area contributed by atoms with Crippen molar-refractivity contribution in [1.82, 2.24) is 39.9 Å². The number of aromatic nitrogens is 8. The zero-order chi connectivity index (χ0) is 48.7. The summed E-state index contributed by atoms with van der Waals surface area (Å²) < 4.78 is 2.60. The van der Waals surface area contributed by atoms with Crippen molar-refractivity contribution < 1.29 is 0 Å². The van der Waals surface area contributed by atoms with E-state index in [0.717, 1.165) is 37.6 Å². The largest absolute Gasteiger partial charge is 0.251 e. The molecule has 8 nitrogen and oxygen atoms in total. The van der Waals surface area contributed by atoms with E-state index in [4.69, 9.17) is 39.9 Å². The molecule has 0 radical (unpaired) electrons. The highest BCUT2D eigenvalue weighted by atomic mass is 32.1. The van der Waals surface area contributed by atoms with Gasteiger partial charge in [0.05, 0.1) is 5.32 Å². The predicted octanol–water partition coefficient (Wildman–Crippen LogP) is 12.2. The summed E-state index contributed by atoms with van der Waals surface area (Å²) in [4.78, 5) is 40.4. The Morgan fingerprint density at radius 3 is 1.31 bits per heavy atom. The Bertz CT molecular complexity index is 4360. The summed E-state index contributed by atoms with van der Waals surface area (Å²) in [5.74, 6) is 0. The Labute approximate surface area is 430 Å². The van der Waals surface area contributed by atoms with Gasteiger partial charge in [-0.25, -0.2) is 0 Å². The third-order valence-corrected chi connectivity index (χ3v) is 20.6. The average Bonchev–Trinajstić information content (AvgIpc) is 3.87. The molecule has 15 rings (SSSR count). The molecule has 0 fully saturated rings. The lowest BCUT2D eigenvalue weighted by Crippen LogP contribution is -2.75. The number of hydrogen-bond donors (Lipinski definition) is 0. The first kappa shape index (κ1) is 42.2. The van der Waals surface area contributed by atoms with Crippen molar-refractivity contribution in [2.24, 2.45) is 0 Å². The molecule has 0 saturated heterocycles. The fourth-order valence-electron chi connectivity index (χ4n) is 11.6. The zero-order valence-corrected chi connectivity index (χ0v) is 41.2. The summed E-state index contributed by atoms with van der Waals surface area (Å²) in [6, 6.07) is 69.2. The van der Waals surface area contributed by atoms with Gasteiger partial charge in [0, 0.05) is 63.6 Å². The zero-order valence-electron chi connectivity index (χ0n) is 39.4. The fourth-order valence-corrected chi connectivity index (χ4v) is 17.3. The quantitative estimate of drug-likeness (QED) is 0.124. The first-order valence-corrected chi connectivity index (χ1v) is 27.4. The normalized spacial score (nSPS) is 12.1. The van der Waals surface area contributed by atoms with Crippen LogP contribution in [0.4, 0.5) is 0 Å².